The summed E-state index contributed by atoms with van der Waals surface area (Å²) in [5.41, 5.74) is 0.605. The van der Waals surface area contributed by atoms with Crippen LogP contribution in [0, 0.1) is 23.2 Å². The fourth-order valence-electron chi connectivity index (χ4n) is 2.19. The van der Waals surface area contributed by atoms with Crippen molar-refractivity contribution in [3.63, 3.8) is 0 Å². The lowest BCUT2D eigenvalue weighted by Crippen LogP contribution is -2.34. The van der Waals surface area contributed by atoms with E-state index in [2.05, 4.69) is 18.3 Å². The zero-order chi connectivity index (χ0) is 14.4. The predicted molar refractivity (Wildman–Crippen MR) is 77.4 cm³/mol. The number of hydrogen-bond acceptors (Lipinski definition) is 4. The number of nitrogens with zero attached hydrogens (tertiary/aromatic N) is 1. The third-order valence-electron chi connectivity index (χ3n) is 3.70. The van der Waals surface area contributed by atoms with E-state index >= 15 is 0 Å². The number of hydrogen-bond donors (Lipinski definition) is 2. The van der Waals surface area contributed by atoms with Gasteiger partial charge in [0.2, 0.25) is 0 Å². The third kappa shape index (κ3) is 4.84. The van der Waals surface area contributed by atoms with Crippen LogP contribution >= 0.6 is 0 Å². The van der Waals surface area contributed by atoms with Gasteiger partial charge in [0.25, 0.3) is 0 Å². The van der Waals surface area contributed by atoms with Gasteiger partial charge in [-0.25, -0.2) is 0 Å². The summed E-state index contributed by atoms with van der Waals surface area (Å²) in [4.78, 5) is 0. The molecule has 0 saturated heterocycles. The maximum atomic E-state index is 9.84. The van der Waals surface area contributed by atoms with Gasteiger partial charge in [-0.3, -0.25) is 0 Å². The Kier molecular flexibility index (Phi) is 5.40. The molecule has 20 heavy (non-hydrogen) atoms. The van der Waals surface area contributed by atoms with Crippen LogP contribution in [-0.4, -0.2) is 30.9 Å². The molecular weight excluding hydrogens is 252 g/mol. The number of ether oxygens (including phenoxy) is 1. The molecule has 108 valence electrons. The fourth-order valence-corrected chi connectivity index (χ4v) is 2.19. The molecule has 0 heterocycles. The van der Waals surface area contributed by atoms with Crippen molar-refractivity contribution in [2.24, 2.45) is 11.8 Å². The highest BCUT2D eigenvalue weighted by Crippen LogP contribution is 2.35. The molecule has 1 fully saturated rings. The van der Waals surface area contributed by atoms with Gasteiger partial charge in [0.1, 0.15) is 18.5 Å². The molecule has 0 spiro atoms. The molecule has 2 N–H and O–H groups in total. The van der Waals surface area contributed by atoms with Crippen molar-refractivity contribution < 1.29 is 9.84 Å². The van der Waals surface area contributed by atoms with Crippen LogP contribution in [0.3, 0.4) is 0 Å². The van der Waals surface area contributed by atoms with Crippen molar-refractivity contribution in [2.45, 2.75) is 25.9 Å². The number of nitriles is 1. The molecule has 0 aromatic heterocycles. The Bertz CT molecular complexity index is 449. The van der Waals surface area contributed by atoms with E-state index in [1.807, 2.05) is 0 Å². The Morgan fingerprint density at radius 3 is 2.65 bits per heavy atom. The lowest BCUT2D eigenvalue weighted by Gasteiger charge is -2.15. The summed E-state index contributed by atoms with van der Waals surface area (Å²) >= 11 is 0. The summed E-state index contributed by atoms with van der Waals surface area (Å²) in [5, 5.41) is 21.8. The average molecular weight is 274 g/mol. The second-order valence-corrected chi connectivity index (χ2v) is 5.57. The smallest absolute Gasteiger partial charge is 0.119 e. The van der Waals surface area contributed by atoms with Crippen LogP contribution in [0.25, 0.3) is 0 Å². The zero-order valence-electron chi connectivity index (χ0n) is 11.9. The monoisotopic (exact) mass is 274 g/mol. The molecule has 0 bridgehead atoms. The first kappa shape index (κ1) is 14.8. The van der Waals surface area contributed by atoms with Crippen LogP contribution in [0.5, 0.6) is 5.75 Å². The first-order valence-corrected chi connectivity index (χ1v) is 7.21. The molecular formula is C16H22N2O2. The SMILES string of the molecule is CC(CNCC(O)COc1ccc(C#N)cc1)C1CC1. The summed E-state index contributed by atoms with van der Waals surface area (Å²) < 4.78 is 5.49. The number of nitrogens with one attached hydrogen (secondary N) is 1. The van der Waals surface area contributed by atoms with E-state index in [1.54, 1.807) is 24.3 Å². The molecule has 2 unspecified atom stereocenters. The molecule has 2 rings (SSSR count). The van der Waals surface area contributed by atoms with Crippen LogP contribution in [0.4, 0.5) is 0 Å². The fraction of sp³-hybridized carbons (Fsp3) is 0.562. The van der Waals surface area contributed by atoms with Crippen molar-refractivity contribution in [2.75, 3.05) is 19.7 Å². The van der Waals surface area contributed by atoms with Gasteiger partial charge in [-0.05, 0) is 55.5 Å². The molecule has 1 saturated carbocycles. The molecule has 1 aromatic carbocycles. The van der Waals surface area contributed by atoms with E-state index in [9.17, 15) is 5.11 Å². The summed E-state index contributed by atoms with van der Waals surface area (Å²) in [6, 6.07) is 8.96. The van der Waals surface area contributed by atoms with Crippen LogP contribution in [0.1, 0.15) is 25.3 Å². The van der Waals surface area contributed by atoms with E-state index in [1.165, 1.54) is 12.8 Å². The molecule has 1 aromatic rings. The molecule has 0 aliphatic heterocycles. The van der Waals surface area contributed by atoms with E-state index < -0.39 is 6.10 Å². The summed E-state index contributed by atoms with van der Waals surface area (Å²) in [6.07, 6.45) is 2.19. The predicted octanol–water partition coefficient (Wildman–Crippen LogP) is 1.93. The van der Waals surface area contributed by atoms with Gasteiger partial charge in [-0.15, -0.1) is 0 Å². The third-order valence-corrected chi connectivity index (χ3v) is 3.70. The number of aliphatic hydroxyl groups excluding tert-OH is 1. The first-order valence-electron chi connectivity index (χ1n) is 7.21. The Morgan fingerprint density at radius 1 is 1.35 bits per heavy atom. The maximum Gasteiger partial charge on any atom is 0.119 e. The van der Waals surface area contributed by atoms with Gasteiger partial charge in [0, 0.05) is 6.54 Å². The van der Waals surface area contributed by atoms with Gasteiger partial charge in [0.05, 0.1) is 11.6 Å². The van der Waals surface area contributed by atoms with E-state index in [4.69, 9.17) is 10.00 Å². The average Bonchev–Trinajstić information content (AvgIpc) is 3.30. The highest BCUT2D eigenvalue weighted by atomic mass is 16.5. The van der Waals surface area contributed by atoms with Crippen molar-refractivity contribution >= 4 is 0 Å². The van der Waals surface area contributed by atoms with E-state index in [0.717, 1.165) is 12.5 Å². The van der Waals surface area contributed by atoms with Gasteiger partial charge in [-0.1, -0.05) is 6.92 Å². The van der Waals surface area contributed by atoms with Crippen LogP contribution in [0.15, 0.2) is 24.3 Å². The zero-order valence-corrected chi connectivity index (χ0v) is 11.9. The minimum Gasteiger partial charge on any atom is -0.491 e. The quantitative estimate of drug-likeness (QED) is 0.760. The molecule has 0 amide bonds. The highest BCUT2D eigenvalue weighted by molar-refractivity contribution is 5.34. The van der Waals surface area contributed by atoms with Gasteiger partial charge >= 0.3 is 0 Å². The van der Waals surface area contributed by atoms with Crippen molar-refractivity contribution in [1.82, 2.24) is 5.32 Å². The Balaban J connectivity index is 1.61. The standard InChI is InChI=1S/C16H22N2O2/c1-12(14-4-5-14)9-18-10-15(19)11-20-16-6-2-13(8-17)3-7-16/h2-3,6-7,12,14-15,18-19H,4-5,9-11H2,1H3. The molecule has 4 heteroatoms. The molecule has 0 radical (unpaired) electrons. The normalized spacial score (nSPS) is 17.2. The minimum absolute atomic E-state index is 0.261. The van der Waals surface area contributed by atoms with Crippen molar-refractivity contribution in [3.8, 4) is 11.8 Å². The minimum atomic E-state index is -0.517. The van der Waals surface area contributed by atoms with Crippen molar-refractivity contribution in [1.29, 1.82) is 5.26 Å². The number of rotatable bonds is 8. The number of aliphatic hydroxyl groups is 1. The van der Waals surface area contributed by atoms with E-state index in [0.29, 0.717) is 23.8 Å². The summed E-state index contributed by atoms with van der Waals surface area (Å²) in [6.45, 7) is 4.02. The molecule has 1 aliphatic carbocycles. The van der Waals surface area contributed by atoms with Gasteiger partial charge < -0.3 is 15.2 Å². The molecule has 4 nitrogen and oxygen atoms in total. The Hall–Kier alpha value is -1.57. The van der Waals surface area contributed by atoms with Crippen LogP contribution in [0.2, 0.25) is 0 Å². The van der Waals surface area contributed by atoms with Crippen LogP contribution in [-0.2, 0) is 0 Å². The second-order valence-electron chi connectivity index (χ2n) is 5.57. The Morgan fingerprint density at radius 2 is 2.05 bits per heavy atom. The van der Waals surface area contributed by atoms with Crippen molar-refractivity contribution in [3.05, 3.63) is 29.8 Å². The second kappa shape index (κ2) is 7.28. The first-order chi connectivity index (χ1) is 9.69. The molecule has 2 atom stereocenters. The van der Waals surface area contributed by atoms with Crippen LogP contribution < -0.4 is 10.1 Å². The van der Waals surface area contributed by atoms with E-state index in [-0.39, 0.29) is 6.61 Å². The lowest BCUT2D eigenvalue weighted by atomic mass is 10.1. The van der Waals surface area contributed by atoms with Gasteiger partial charge in [-0.2, -0.15) is 5.26 Å². The topological polar surface area (TPSA) is 65.3 Å². The Labute approximate surface area is 120 Å². The molecule has 1 aliphatic rings. The maximum absolute atomic E-state index is 9.84. The summed E-state index contributed by atoms with van der Waals surface area (Å²) in [5.74, 6) is 2.26. The highest BCUT2D eigenvalue weighted by Gasteiger charge is 2.27. The van der Waals surface area contributed by atoms with Gasteiger partial charge in [0.15, 0.2) is 0 Å². The summed E-state index contributed by atoms with van der Waals surface area (Å²) in [7, 11) is 0. The lowest BCUT2D eigenvalue weighted by molar-refractivity contribution is 0.105. The largest absolute Gasteiger partial charge is 0.491 e. The number of benzene rings is 1.